The smallest absolute Gasteiger partial charge is 0.0721 e. The molecule has 0 unspecified atom stereocenters. The second kappa shape index (κ2) is 9.28. The fraction of sp³-hybridized carbons (Fsp3) is 0.207. The molecule has 2 nitrogen and oxygen atoms in total. The zero-order valence-corrected chi connectivity index (χ0v) is 18.5. The zero-order chi connectivity index (χ0) is 21.7. The van der Waals surface area contributed by atoms with Gasteiger partial charge in [-0.1, -0.05) is 93.6 Å². The first-order chi connectivity index (χ1) is 15.0. The van der Waals surface area contributed by atoms with E-state index in [0.717, 1.165) is 11.1 Å². The molecule has 3 aromatic carbocycles. The summed E-state index contributed by atoms with van der Waals surface area (Å²) in [6.07, 6.45) is 3.73. The third-order valence-electron chi connectivity index (χ3n) is 5.50. The average molecular weight is 408 g/mol. The predicted molar refractivity (Wildman–Crippen MR) is 129 cm³/mol. The second-order valence-electron chi connectivity index (χ2n) is 8.93. The Kier molecular flexibility index (Phi) is 6.29. The molecular formula is C29H29NO. The molecule has 0 saturated heterocycles. The lowest BCUT2D eigenvalue weighted by Gasteiger charge is -2.19. The molecule has 0 spiro atoms. The summed E-state index contributed by atoms with van der Waals surface area (Å²) in [5.74, 6) is 0. The number of pyridine rings is 1. The Hall–Kier alpha value is -3.23. The van der Waals surface area contributed by atoms with Gasteiger partial charge in [-0.2, -0.15) is 0 Å². The van der Waals surface area contributed by atoms with E-state index in [0.29, 0.717) is 13.2 Å². The fourth-order valence-corrected chi connectivity index (χ4v) is 3.70. The molecule has 0 aliphatic carbocycles. The lowest BCUT2D eigenvalue weighted by molar-refractivity contribution is 0.107. The van der Waals surface area contributed by atoms with E-state index in [2.05, 4.69) is 98.6 Å². The summed E-state index contributed by atoms with van der Waals surface area (Å²) in [6, 6.07) is 29.9. The minimum absolute atomic E-state index is 0.169. The highest BCUT2D eigenvalue weighted by atomic mass is 16.5. The van der Waals surface area contributed by atoms with Crippen LogP contribution in [0.5, 0.6) is 0 Å². The van der Waals surface area contributed by atoms with Crippen molar-refractivity contribution in [3.05, 3.63) is 114 Å². The summed E-state index contributed by atoms with van der Waals surface area (Å²) >= 11 is 0. The standard InChI is InChI=1S/C29H29NO/c1-29(2,3)26-14-11-22(12-15-26)20-31-21-23-13-16-27(24-8-5-4-6-9-24)28(18-23)25-10-7-17-30-19-25/h4-19H,20-21H2,1-3H3. The molecule has 0 aliphatic rings. The summed E-state index contributed by atoms with van der Waals surface area (Å²) in [5, 5.41) is 0. The highest BCUT2D eigenvalue weighted by molar-refractivity contribution is 5.83. The van der Waals surface area contributed by atoms with Gasteiger partial charge in [-0.25, -0.2) is 0 Å². The van der Waals surface area contributed by atoms with Crippen LogP contribution < -0.4 is 0 Å². The maximum absolute atomic E-state index is 6.05. The first kappa shape index (κ1) is 21.0. The summed E-state index contributed by atoms with van der Waals surface area (Å²) < 4.78 is 6.05. The Morgan fingerprint density at radius 1 is 0.677 bits per heavy atom. The molecule has 0 aliphatic heterocycles. The average Bonchev–Trinajstić information content (AvgIpc) is 2.80. The third kappa shape index (κ3) is 5.28. The molecule has 2 heteroatoms. The van der Waals surface area contributed by atoms with Crippen LogP contribution in [-0.2, 0) is 23.4 Å². The van der Waals surface area contributed by atoms with E-state index in [9.17, 15) is 0 Å². The topological polar surface area (TPSA) is 22.1 Å². The molecular weight excluding hydrogens is 378 g/mol. The van der Waals surface area contributed by atoms with Gasteiger partial charge >= 0.3 is 0 Å². The van der Waals surface area contributed by atoms with Crippen LogP contribution in [0.25, 0.3) is 22.3 Å². The maximum Gasteiger partial charge on any atom is 0.0721 e. The largest absolute Gasteiger partial charge is 0.372 e. The van der Waals surface area contributed by atoms with E-state index in [4.69, 9.17) is 4.74 Å². The summed E-state index contributed by atoms with van der Waals surface area (Å²) in [7, 11) is 0. The van der Waals surface area contributed by atoms with Gasteiger partial charge in [-0.15, -0.1) is 0 Å². The van der Waals surface area contributed by atoms with E-state index < -0.39 is 0 Å². The second-order valence-corrected chi connectivity index (χ2v) is 8.93. The van der Waals surface area contributed by atoms with Crippen LogP contribution in [0.3, 0.4) is 0 Å². The van der Waals surface area contributed by atoms with Crippen molar-refractivity contribution in [3.63, 3.8) is 0 Å². The van der Waals surface area contributed by atoms with Crippen LogP contribution in [-0.4, -0.2) is 4.98 Å². The van der Waals surface area contributed by atoms with Crippen LogP contribution in [0, 0.1) is 0 Å². The Balaban J connectivity index is 1.52. The van der Waals surface area contributed by atoms with Gasteiger partial charge in [0.05, 0.1) is 13.2 Å². The summed E-state index contributed by atoms with van der Waals surface area (Å²) in [4.78, 5) is 4.32. The molecule has 0 saturated carbocycles. The molecule has 0 radical (unpaired) electrons. The molecule has 0 bridgehead atoms. The molecule has 31 heavy (non-hydrogen) atoms. The van der Waals surface area contributed by atoms with Gasteiger partial charge in [0.2, 0.25) is 0 Å². The Morgan fingerprint density at radius 2 is 1.35 bits per heavy atom. The summed E-state index contributed by atoms with van der Waals surface area (Å²) in [5.41, 5.74) is 8.56. The number of ether oxygens (including phenoxy) is 1. The number of nitrogens with zero attached hydrogens (tertiary/aromatic N) is 1. The molecule has 0 fully saturated rings. The van der Waals surface area contributed by atoms with Gasteiger partial charge in [-0.3, -0.25) is 4.98 Å². The lowest BCUT2D eigenvalue weighted by atomic mass is 9.87. The van der Waals surface area contributed by atoms with E-state index >= 15 is 0 Å². The number of aromatic nitrogens is 1. The van der Waals surface area contributed by atoms with E-state index in [1.54, 1.807) is 0 Å². The Bertz CT molecular complexity index is 1110. The van der Waals surface area contributed by atoms with Crippen molar-refractivity contribution in [2.75, 3.05) is 0 Å². The van der Waals surface area contributed by atoms with Crippen molar-refractivity contribution in [1.82, 2.24) is 4.98 Å². The molecule has 0 amide bonds. The van der Waals surface area contributed by atoms with Gasteiger partial charge in [0.25, 0.3) is 0 Å². The third-order valence-corrected chi connectivity index (χ3v) is 5.50. The molecule has 0 atom stereocenters. The maximum atomic E-state index is 6.05. The number of hydrogen-bond acceptors (Lipinski definition) is 2. The molecule has 0 N–H and O–H groups in total. The molecule has 156 valence electrons. The SMILES string of the molecule is CC(C)(C)c1ccc(COCc2ccc(-c3ccccc3)c(-c3cccnc3)c2)cc1. The summed E-state index contributed by atoms with van der Waals surface area (Å²) in [6.45, 7) is 7.88. The van der Waals surface area contributed by atoms with Crippen LogP contribution in [0.2, 0.25) is 0 Å². The van der Waals surface area contributed by atoms with Gasteiger partial charge < -0.3 is 4.74 Å². The molecule has 1 heterocycles. The van der Waals surface area contributed by atoms with E-state index in [1.807, 2.05) is 24.5 Å². The van der Waals surface area contributed by atoms with Crippen LogP contribution in [0.15, 0.2) is 97.3 Å². The highest BCUT2D eigenvalue weighted by Gasteiger charge is 2.13. The van der Waals surface area contributed by atoms with E-state index in [1.165, 1.54) is 27.8 Å². The Morgan fingerprint density at radius 3 is 2.03 bits per heavy atom. The lowest BCUT2D eigenvalue weighted by Crippen LogP contribution is -2.10. The number of rotatable bonds is 6. The highest BCUT2D eigenvalue weighted by Crippen LogP contribution is 2.33. The quantitative estimate of drug-likeness (QED) is 0.331. The van der Waals surface area contributed by atoms with Crippen LogP contribution >= 0.6 is 0 Å². The van der Waals surface area contributed by atoms with Crippen molar-refractivity contribution in [3.8, 4) is 22.3 Å². The van der Waals surface area contributed by atoms with Gasteiger partial charge in [0.1, 0.15) is 0 Å². The van der Waals surface area contributed by atoms with Crippen LogP contribution in [0.4, 0.5) is 0 Å². The first-order valence-corrected chi connectivity index (χ1v) is 10.8. The normalized spacial score (nSPS) is 11.5. The fourth-order valence-electron chi connectivity index (χ4n) is 3.70. The van der Waals surface area contributed by atoms with Gasteiger partial charge in [0.15, 0.2) is 0 Å². The van der Waals surface area contributed by atoms with Gasteiger partial charge in [-0.05, 0) is 50.9 Å². The molecule has 4 aromatic rings. The van der Waals surface area contributed by atoms with Crippen molar-refractivity contribution in [1.29, 1.82) is 0 Å². The zero-order valence-electron chi connectivity index (χ0n) is 18.5. The Labute approximate surface area is 185 Å². The van der Waals surface area contributed by atoms with Crippen molar-refractivity contribution < 1.29 is 4.74 Å². The van der Waals surface area contributed by atoms with Crippen LogP contribution in [0.1, 0.15) is 37.5 Å². The van der Waals surface area contributed by atoms with Crippen molar-refractivity contribution in [2.45, 2.75) is 39.4 Å². The predicted octanol–water partition coefficient (Wildman–Crippen LogP) is 7.43. The number of hydrogen-bond donors (Lipinski definition) is 0. The monoisotopic (exact) mass is 407 g/mol. The van der Waals surface area contributed by atoms with E-state index in [-0.39, 0.29) is 5.41 Å². The van der Waals surface area contributed by atoms with Crippen molar-refractivity contribution >= 4 is 0 Å². The first-order valence-electron chi connectivity index (χ1n) is 10.8. The minimum atomic E-state index is 0.169. The molecule has 4 rings (SSSR count). The minimum Gasteiger partial charge on any atom is -0.372 e. The molecule has 1 aromatic heterocycles. The van der Waals surface area contributed by atoms with Crippen molar-refractivity contribution in [2.24, 2.45) is 0 Å². The van der Waals surface area contributed by atoms with Gasteiger partial charge in [0, 0.05) is 18.0 Å². The number of benzene rings is 3.